The van der Waals surface area contributed by atoms with E-state index in [1.54, 1.807) is 22.4 Å². The van der Waals surface area contributed by atoms with Crippen molar-refractivity contribution in [2.45, 2.75) is 20.8 Å². The Balaban J connectivity index is 1.49. The van der Waals surface area contributed by atoms with E-state index < -0.39 is 0 Å². The van der Waals surface area contributed by atoms with Gasteiger partial charge in [0.1, 0.15) is 0 Å². The maximum atomic E-state index is 12.8. The number of aromatic nitrogens is 4. The maximum Gasteiger partial charge on any atom is 0.289 e. The lowest BCUT2D eigenvalue weighted by Crippen LogP contribution is -2.32. The van der Waals surface area contributed by atoms with Gasteiger partial charge in [-0.25, -0.2) is 4.98 Å². The highest BCUT2D eigenvalue weighted by atomic mass is 32.1. The van der Waals surface area contributed by atoms with Gasteiger partial charge in [0.15, 0.2) is 5.82 Å². The van der Waals surface area contributed by atoms with Crippen LogP contribution in [0.3, 0.4) is 0 Å². The molecule has 0 fully saturated rings. The van der Waals surface area contributed by atoms with Crippen molar-refractivity contribution in [1.29, 1.82) is 0 Å². The SMILES string of the molecule is CCN(CC)C(=O)c1ncc(-c2cc3nccc(Nc4ccc5[nH]c(C)cc5c4)c3s2)n1C. The van der Waals surface area contributed by atoms with Crippen molar-refractivity contribution in [2.75, 3.05) is 18.4 Å². The van der Waals surface area contributed by atoms with Crippen LogP contribution >= 0.6 is 11.3 Å². The number of anilines is 2. The van der Waals surface area contributed by atoms with Crippen LogP contribution in [0.25, 0.3) is 31.7 Å². The number of benzene rings is 1. The van der Waals surface area contributed by atoms with Crippen LogP contribution in [-0.2, 0) is 7.05 Å². The molecule has 5 aromatic rings. The average molecular weight is 459 g/mol. The first-order valence-corrected chi connectivity index (χ1v) is 11.9. The molecule has 0 saturated heterocycles. The van der Waals surface area contributed by atoms with Crippen LogP contribution in [0.4, 0.5) is 11.4 Å². The number of hydrogen-bond donors (Lipinski definition) is 2. The maximum absolute atomic E-state index is 12.8. The average Bonchev–Trinajstić information content (AvgIpc) is 3.50. The zero-order chi connectivity index (χ0) is 23.1. The number of nitrogens with one attached hydrogen (secondary N) is 2. The molecule has 7 nitrogen and oxygen atoms in total. The highest BCUT2D eigenvalue weighted by molar-refractivity contribution is 7.22. The largest absolute Gasteiger partial charge is 0.359 e. The van der Waals surface area contributed by atoms with E-state index in [0.717, 1.165) is 43.4 Å². The van der Waals surface area contributed by atoms with E-state index in [9.17, 15) is 4.79 Å². The molecular weight excluding hydrogens is 432 g/mol. The molecule has 0 aliphatic rings. The second kappa shape index (κ2) is 8.37. The first-order chi connectivity index (χ1) is 16.0. The van der Waals surface area contributed by atoms with Gasteiger partial charge in [-0.15, -0.1) is 11.3 Å². The summed E-state index contributed by atoms with van der Waals surface area (Å²) in [6.07, 6.45) is 3.59. The zero-order valence-corrected chi connectivity index (χ0v) is 20.0. The highest BCUT2D eigenvalue weighted by Crippen LogP contribution is 2.38. The third-order valence-electron chi connectivity index (χ3n) is 5.93. The molecule has 4 aromatic heterocycles. The van der Waals surface area contributed by atoms with Crippen molar-refractivity contribution in [3.8, 4) is 10.6 Å². The van der Waals surface area contributed by atoms with Crippen LogP contribution < -0.4 is 5.32 Å². The summed E-state index contributed by atoms with van der Waals surface area (Å²) in [5.74, 6) is 0.401. The number of thiophene rings is 1. The normalized spacial score (nSPS) is 11.4. The Morgan fingerprint density at radius 1 is 1.15 bits per heavy atom. The number of pyridine rings is 1. The van der Waals surface area contributed by atoms with E-state index in [2.05, 4.69) is 57.5 Å². The van der Waals surface area contributed by atoms with Crippen molar-refractivity contribution in [3.05, 3.63) is 60.3 Å². The molecule has 0 atom stereocenters. The number of H-pyrrole nitrogens is 1. The van der Waals surface area contributed by atoms with E-state index in [4.69, 9.17) is 0 Å². The number of rotatable bonds is 6. The minimum absolute atomic E-state index is 0.0503. The predicted octanol–water partition coefficient (Wildman–Crippen LogP) is 5.71. The minimum Gasteiger partial charge on any atom is -0.359 e. The molecule has 0 saturated carbocycles. The Morgan fingerprint density at radius 2 is 1.97 bits per heavy atom. The molecule has 0 aliphatic carbocycles. The summed E-state index contributed by atoms with van der Waals surface area (Å²) in [7, 11) is 1.89. The third kappa shape index (κ3) is 3.76. The fourth-order valence-corrected chi connectivity index (χ4v) is 5.29. The van der Waals surface area contributed by atoms with Crippen LogP contribution in [-0.4, -0.2) is 43.4 Å². The van der Waals surface area contributed by atoms with Crippen molar-refractivity contribution in [2.24, 2.45) is 7.05 Å². The first-order valence-electron chi connectivity index (χ1n) is 11.0. The number of imidazole rings is 1. The number of fused-ring (bicyclic) bond motifs is 2. The molecule has 0 spiro atoms. The Labute approximate surface area is 196 Å². The van der Waals surface area contributed by atoms with Gasteiger partial charge in [-0.3, -0.25) is 9.78 Å². The number of nitrogens with zero attached hydrogens (tertiary/aromatic N) is 4. The smallest absolute Gasteiger partial charge is 0.289 e. The molecule has 33 heavy (non-hydrogen) atoms. The topological polar surface area (TPSA) is 78.8 Å². The van der Waals surface area contributed by atoms with Gasteiger partial charge < -0.3 is 19.8 Å². The fraction of sp³-hybridized carbons (Fsp3) is 0.240. The number of aryl methyl sites for hydroxylation is 1. The van der Waals surface area contributed by atoms with E-state index in [-0.39, 0.29) is 5.91 Å². The summed E-state index contributed by atoms with van der Waals surface area (Å²) in [4.78, 5) is 28.0. The standard InChI is InChI=1S/C25H26N6OS/c1-5-31(6-2)25(32)24-27-14-21(30(24)4)22-13-20-23(33-22)19(9-10-26-20)29-17-7-8-18-16(12-17)11-15(3)28-18/h7-14,28H,5-6H2,1-4H3,(H,26,29). The number of carbonyl (C=O) groups excluding carboxylic acids is 1. The lowest BCUT2D eigenvalue weighted by Gasteiger charge is -2.18. The second-order valence-electron chi connectivity index (χ2n) is 8.07. The molecular formula is C25H26N6OS. The Kier molecular flexibility index (Phi) is 5.38. The first kappa shape index (κ1) is 21.2. The van der Waals surface area contributed by atoms with Gasteiger partial charge in [0, 0.05) is 48.6 Å². The van der Waals surface area contributed by atoms with Gasteiger partial charge in [0.2, 0.25) is 0 Å². The highest BCUT2D eigenvalue weighted by Gasteiger charge is 2.21. The predicted molar refractivity (Wildman–Crippen MR) is 135 cm³/mol. The molecule has 1 aromatic carbocycles. The van der Waals surface area contributed by atoms with E-state index in [0.29, 0.717) is 18.9 Å². The molecule has 0 aliphatic heterocycles. The van der Waals surface area contributed by atoms with Crippen LogP contribution in [0.15, 0.2) is 48.8 Å². The van der Waals surface area contributed by atoms with E-state index >= 15 is 0 Å². The number of aromatic amines is 1. The van der Waals surface area contributed by atoms with Gasteiger partial charge in [0.25, 0.3) is 5.91 Å². The summed E-state index contributed by atoms with van der Waals surface area (Å²) in [5, 5.41) is 4.73. The van der Waals surface area contributed by atoms with Gasteiger partial charge in [-0.2, -0.15) is 0 Å². The molecule has 168 valence electrons. The number of hydrogen-bond acceptors (Lipinski definition) is 5. The number of carbonyl (C=O) groups is 1. The van der Waals surface area contributed by atoms with Crippen molar-refractivity contribution < 1.29 is 4.79 Å². The fourth-order valence-electron chi connectivity index (χ4n) is 4.16. The lowest BCUT2D eigenvalue weighted by atomic mass is 10.2. The van der Waals surface area contributed by atoms with Gasteiger partial charge in [0.05, 0.1) is 32.7 Å². The van der Waals surface area contributed by atoms with Crippen LogP contribution in [0.1, 0.15) is 30.2 Å². The summed E-state index contributed by atoms with van der Waals surface area (Å²) in [6, 6.07) is 12.5. The monoisotopic (exact) mass is 458 g/mol. The van der Waals surface area contributed by atoms with Crippen LogP contribution in [0.5, 0.6) is 0 Å². The molecule has 4 heterocycles. The molecule has 0 radical (unpaired) electrons. The van der Waals surface area contributed by atoms with E-state index in [1.807, 2.05) is 37.7 Å². The lowest BCUT2D eigenvalue weighted by molar-refractivity contribution is 0.0757. The summed E-state index contributed by atoms with van der Waals surface area (Å²) < 4.78 is 2.94. The van der Waals surface area contributed by atoms with Crippen LogP contribution in [0.2, 0.25) is 0 Å². The molecule has 5 rings (SSSR count). The summed E-state index contributed by atoms with van der Waals surface area (Å²) >= 11 is 1.65. The Morgan fingerprint density at radius 3 is 2.76 bits per heavy atom. The molecule has 0 bridgehead atoms. The van der Waals surface area contributed by atoms with E-state index in [1.165, 1.54) is 5.39 Å². The molecule has 2 N–H and O–H groups in total. The number of amides is 1. The quantitative estimate of drug-likeness (QED) is 0.341. The van der Waals surface area contributed by atoms with Gasteiger partial charge in [-0.05, 0) is 57.2 Å². The summed E-state index contributed by atoms with van der Waals surface area (Å²) in [6.45, 7) is 7.34. The zero-order valence-electron chi connectivity index (χ0n) is 19.1. The van der Waals surface area contributed by atoms with Crippen molar-refractivity contribution in [3.63, 3.8) is 0 Å². The Hall–Kier alpha value is -3.65. The molecule has 8 heteroatoms. The Bertz CT molecular complexity index is 1470. The third-order valence-corrected chi connectivity index (χ3v) is 7.11. The van der Waals surface area contributed by atoms with Crippen molar-refractivity contribution >= 4 is 49.7 Å². The summed E-state index contributed by atoms with van der Waals surface area (Å²) in [5.41, 5.74) is 6.12. The second-order valence-corrected chi connectivity index (χ2v) is 9.12. The molecule has 1 amide bonds. The minimum atomic E-state index is -0.0503. The van der Waals surface area contributed by atoms with Gasteiger partial charge >= 0.3 is 0 Å². The van der Waals surface area contributed by atoms with Crippen molar-refractivity contribution in [1.82, 2.24) is 24.4 Å². The van der Waals surface area contributed by atoms with Crippen LogP contribution in [0, 0.1) is 6.92 Å². The molecule has 0 unspecified atom stereocenters. The van der Waals surface area contributed by atoms with Gasteiger partial charge in [-0.1, -0.05) is 0 Å².